The van der Waals surface area contributed by atoms with Crippen LogP contribution < -0.4 is 28.4 Å². The molecule has 0 radical (unpaired) electrons. The van der Waals surface area contributed by atoms with Gasteiger partial charge in [0.05, 0.1) is 41.2 Å². The van der Waals surface area contributed by atoms with E-state index in [9.17, 15) is 9.90 Å². The van der Waals surface area contributed by atoms with Crippen molar-refractivity contribution in [3.05, 3.63) is 23.3 Å². The lowest BCUT2D eigenvalue weighted by Gasteiger charge is -2.36. The Balaban J connectivity index is 2.55. The van der Waals surface area contributed by atoms with Crippen molar-refractivity contribution in [2.24, 2.45) is 5.92 Å². The quantitative estimate of drug-likeness (QED) is 0.514. The Kier molecular flexibility index (Phi) is 6.97. The molecular formula is C25H32O8. The molecule has 1 aliphatic rings. The Morgan fingerprint density at radius 1 is 0.848 bits per heavy atom. The molecule has 0 heterocycles. The second-order valence-corrected chi connectivity index (χ2v) is 8.39. The Morgan fingerprint density at radius 3 is 1.85 bits per heavy atom. The highest BCUT2D eigenvalue weighted by Gasteiger charge is 2.38. The van der Waals surface area contributed by atoms with Gasteiger partial charge in [-0.2, -0.15) is 0 Å². The second kappa shape index (κ2) is 9.39. The van der Waals surface area contributed by atoms with E-state index in [1.807, 2.05) is 19.9 Å². The molecule has 1 N–H and O–H groups in total. The standard InChI is InChI=1S/C25H32O8/c1-13-9-15-10-17(28-4)21(30-6)23(31-7)19(15)20-16(12-25(13,3)27)11-18(29-5)22(24(20)32-8)33-14(2)26/h10-11,13,27H,9,12H2,1-8H3/t13-,25-/m0/s1. The number of fused-ring (bicyclic) bond motifs is 3. The zero-order chi connectivity index (χ0) is 24.5. The van der Waals surface area contributed by atoms with Gasteiger partial charge in [0.2, 0.25) is 11.5 Å². The minimum atomic E-state index is -1.04. The normalized spacial score (nSPS) is 19.4. The SMILES string of the molecule is COc1cc2c(c(OC)c1OC)-c1c(cc(OC)c(OC(C)=O)c1OC)C[C@](C)(O)[C@@H](C)C2. The molecule has 2 aromatic rings. The number of hydrogen-bond acceptors (Lipinski definition) is 8. The highest BCUT2D eigenvalue weighted by molar-refractivity contribution is 5.89. The molecule has 0 aliphatic heterocycles. The molecule has 8 nitrogen and oxygen atoms in total. The fourth-order valence-corrected chi connectivity index (χ4v) is 4.42. The molecule has 1 aliphatic carbocycles. The summed E-state index contributed by atoms with van der Waals surface area (Å²) in [5.74, 6) is 1.56. The van der Waals surface area contributed by atoms with E-state index in [0.717, 1.165) is 16.7 Å². The number of benzene rings is 2. The van der Waals surface area contributed by atoms with Crippen LogP contribution in [0.2, 0.25) is 0 Å². The summed E-state index contributed by atoms with van der Waals surface area (Å²) in [7, 11) is 7.64. The monoisotopic (exact) mass is 460 g/mol. The smallest absolute Gasteiger partial charge is 0.308 e. The summed E-state index contributed by atoms with van der Waals surface area (Å²) in [4.78, 5) is 11.9. The van der Waals surface area contributed by atoms with Gasteiger partial charge in [0, 0.05) is 24.5 Å². The third-order valence-corrected chi connectivity index (χ3v) is 6.25. The van der Waals surface area contributed by atoms with Gasteiger partial charge in [-0.25, -0.2) is 0 Å². The molecule has 0 bridgehead atoms. The molecule has 0 saturated heterocycles. The van der Waals surface area contributed by atoms with E-state index >= 15 is 0 Å². The van der Waals surface area contributed by atoms with Crippen LogP contribution >= 0.6 is 0 Å². The maximum absolute atomic E-state index is 11.9. The van der Waals surface area contributed by atoms with Crippen molar-refractivity contribution >= 4 is 5.97 Å². The van der Waals surface area contributed by atoms with Gasteiger partial charge in [0.25, 0.3) is 0 Å². The van der Waals surface area contributed by atoms with Gasteiger partial charge in [-0.1, -0.05) is 6.92 Å². The first-order chi connectivity index (χ1) is 15.6. The van der Waals surface area contributed by atoms with Crippen molar-refractivity contribution < 1.29 is 38.3 Å². The van der Waals surface area contributed by atoms with E-state index in [2.05, 4.69) is 0 Å². The van der Waals surface area contributed by atoms with E-state index in [1.165, 1.54) is 21.1 Å². The van der Waals surface area contributed by atoms with Crippen molar-refractivity contribution in [1.29, 1.82) is 0 Å². The van der Waals surface area contributed by atoms with Crippen molar-refractivity contribution in [2.75, 3.05) is 35.5 Å². The molecule has 3 rings (SSSR count). The minimum absolute atomic E-state index is 0.0997. The average molecular weight is 461 g/mol. The maximum Gasteiger partial charge on any atom is 0.308 e. The zero-order valence-electron chi connectivity index (χ0n) is 20.5. The fourth-order valence-electron chi connectivity index (χ4n) is 4.42. The number of aliphatic hydroxyl groups is 1. The number of esters is 1. The topological polar surface area (TPSA) is 92.7 Å². The first-order valence-electron chi connectivity index (χ1n) is 10.6. The Hall–Kier alpha value is -3.13. The van der Waals surface area contributed by atoms with Crippen LogP contribution in [0.15, 0.2) is 12.1 Å². The molecule has 0 fully saturated rings. The van der Waals surface area contributed by atoms with Crippen LogP contribution in [-0.4, -0.2) is 52.2 Å². The van der Waals surface area contributed by atoms with E-state index in [-0.39, 0.29) is 11.7 Å². The highest BCUT2D eigenvalue weighted by atomic mass is 16.6. The van der Waals surface area contributed by atoms with Gasteiger partial charge in [-0.15, -0.1) is 0 Å². The third-order valence-electron chi connectivity index (χ3n) is 6.25. The van der Waals surface area contributed by atoms with Gasteiger partial charge < -0.3 is 33.5 Å². The summed E-state index contributed by atoms with van der Waals surface area (Å²) in [5, 5.41) is 11.4. The molecule has 33 heavy (non-hydrogen) atoms. The van der Waals surface area contributed by atoms with Crippen LogP contribution in [0.25, 0.3) is 11.1 Å². The van der Waals surface area contributed by atoms with E-state index in [0.29, 0.717) is 47.2 Å². The Bertz CT molecular complexity index is 1060. The number of methoxy groups -OCH3 is 5. The predicted molar refractivity (Wildman–Crippen MR) is 123 cm³/mol. The molecule has 2 atom stereocenters. The largest absolute Gasteiger partial charge is 0.493 e. The van der Waals surface area contributed by atoms with Crippen LogP contribution in [0.5, 0.6) is 34.5 Å². The van der Waals surface area contributed by atoms with Gasteiger partial charge in [-0.3, -0.25) is 4.79 Å². The van der Waals surface area contributed by atoms with E-state index in [4.69, 9.17) is 28.4 Å². The summed E-state index contributed by atoms with van der Waals surface area (Å²) in [6.45, 7) is 5.12. The highest BCUT2D eigenvalue weighted by Crippen LogP contribution is 2.56. The summed E-state index contributed by atoms with van der Waals surface area (Å²) in [5.41, 5.74) is 1.94. The molecule has 0 saturated carbocycles. The molecule has 0 amide bonds. The lowest BCUT2D eigenvalue weighted by molar-refractivity contribution is -0.132. The van der Waals surface area contributed by atoms with Crippen molar-refractivity contribution in [1.82, 2.24) is 0 Å². The lowest BCUT2D eigenvalue weighted by atomic mass is 9.75. The molecule has 8 heteroatoms. The maximum atomic E-state index is 11.9. The van der Waals surface area contributed by atoms with E-state index in [1.54, 1.807) is 27.4 Å². The van der Waals surface area contributed by atoms with Crippen LogP contribution in [0, 0.1) is 5.92 Å². The first-order valence-corrected chi connectivity index (χ1v) is 10.6. The molecule has 0 unspecified atom stereocenters. The fraction of sp³-hybridized carbons (Fsp3) is 0.480. The molecule has 180 valence electrons. The first kappa shape index (κ1) is 24.5. The van der Waals surface area contributed by atoms with Crippen LogP contribution in [0.3, 0.4) is 0 Å². The summed E-state index contributed by atoms with van der Waals surface area (Å²) >= 11 is 0. The zero-order valence-corrected chi connectivity index (χ0v) is 20.5. The van der Waals surface area contributed by atoms with E-state index < -0.39 is 11.6 Å². The van der Waals surface area contributed by atoms with Gasteiger partial charge >= 0.3 is 5.97 Å². The number of hydrogen-bond donors (Lipinski definition) is 1. The average Bonchev–Trinajstić information content (AvgIpc) is 2.77. The summed E-state index contributed by atoms with van der Waals surface area (Å²) in [6, 6.07) is 3.65. The predicted octanol–water partition coefficient (Wildman–Crippen LogP) is 3.81. The Labute approximate surface area is 194 Å². The van der Waals surface area contributed by atoms with Crippen LogP contribution in [0.1, 0.15) is 31.9 Å². The molecule has 0 aromatic heterocycles. The van der Waals surface area contributed by atoms with Crippen molar-refractivity contribution in [2.45, 2.75) is 39.2 Å². The van der Waals surface area contributed by atoms with Crippen LogP contribution in [-0.2, 0) is 17.6 Å². The molecular weight excluding hydrogens is 428 g/mol. The molecule has 2 aromatic carbocycles. The molecule has 0 spiro atoms. The van der Waals surface area contributed by atoms with Gasteiger partial charge in [0.15, 0.2) is 23.0 Å². The van der Waals surface area contributed by atoms with Gasteiger partial charge in [-0.05, 0) is 42.5 Å². The number of carbonyl (C=O) groups excluding carboxylic acids is 1. The van der Waals surface area contributed by atoms with Crippen molar-refractivity contribution in [3.8, 4) is 45.6 Å². The lowest BCUT2D eigenvalue weighted by Crippen LogP contribution is -2.37. The number of ether oxygens (including phenoxy) is 6. The number of rotatable bonds is 6. The number of carbonyl (C=O) groups is 1. The summed E-state index contributed by atoms with van der Waals surface area (Å²) < 4.78 is 33.9. The van der Waals surface area contributed by atoms with Crippen molar-refractivity contribution in [3.63, 3.8) is 0 Å². The minimum Gasteiger partial charge on any atom is -0.493 e. The summed E-state index contributed by atoms with van der Waals surface area (Å²) in [6.07, 6.45) is 0.851. The van der Waals surface area contributed by atoms with Crippen LogP contribution in [0.4, 0.5) is 0 Å². The second-order valence-electron chi connectivity index (χ2n) is 8.39. The Morgan fingerprint density at radius 2 is 1.33 bits per heavy atom. The van der Waals surface area contributed by atoms with Gasteiger partial charge in [0.1, 0.15) is 0 Å². The third kappa shape index (κ3) is 4.27.